The Morgan fingerprint density at radius 2 is 1.14 bits per heavy atom. The average molecular weight is 296 g/mol. The summed E-state index contributed by atoms with van der Waals surface area (Å²) in [4.78, 5) is 25.4. The second kappa shape index (κ2) is 6.67. The lowest BCUT2D eigenvalue weighted by Crippen LogP contribution is -2.39. The molecule has 0 unspecified atom stereocenters. The highest BCUT2D eigenvalue weighted by atomic mass is 16.5. The Hall–Kier alpha value is -2.26. The van der Waals surface area contributed by atoms with E-state index in [9.17, 15) is 9.59 Å². The van der Waals surface area contributed by atoms with Crippen molar-refractivity contribution in [1.82, 2.24) is 0 Å². The average Bonchev–Trinajstić information content (AvgIpc) is 2.52. The molecule has 0 saturated carbocycles. The third-order valence-electron chi connectivity index (χ3n) is 3.06. The van der Waals surface area contributed by atoms with Crippen molar-refractivity contribution in [2.75, 3.05) is 0 Å². The van der Waals surface area contributed by atoms with Crippen molar-refractivity contribution in [3.05, 3.63) is 71.8 Å². The standard InChI is InChI=1S/C19H20O3/c1-19(2,3)22-18(16(20)14-10-6-4-7-11-14)17(21)15-12-8-5-9-13-15/h4-13,18H,1-3H3. The number of Topliss-reactive ketones (excluding diaryl/α,β-unsaturated/α-hetero) is 2. The fraction of sp³-hybridized carbons (Fsp3) is 0.263. The number of carbonyl (C=O) groups is 2. The highest BCUT2D eigenvalue weighted by Gasteiger charge is 2.33. The molecule has 0 saturated heterocycles. The molecule has 0 aromatic heterocycles. The molecule has 0 radical (unpaired) electrons. The second-order valence-electron chi connectivity index (χ2n) is 6.07. The largest absolute Gasteiger partial charge is 0.356 e. The molecule has 0 heterocycles. The molecule has 0 atom stereocenters. The van der Waals surface area contributed by atoms with Crippen molar-refractivity contribution in [3.8, 4) is 0 Å². The van der Waals surface area contributed by atoms with E-state index in [2.05, 4.69) is 0 Å². The van der Waals surface area contributed by atoms with E-state index in [1.54, 1.807) is 48.5 Å². The van der Waals surface area contributed by atoms with Crippen molar-refractivity contribution in [3.63, 3.8) is 0 Å². The lowest BCUT2D eigenvalue weighted by Gasteiger charge is -2.26. The lowest BCUT2D eigenvalue weighted by molar-refractivity contribution is -0.0345. The zero-order valence-electron chi connectivity index (χ0n) is 13.1. The SMILES string of the molecule is CC(C)(C)OC(C(=O)c1ccccc1)C(=O)c1ccccc1. The molecule has 0 aliphatic heterocycles. The van der Waals surface area contributed by atoms with E-state index in [1.807, 2.05) is 32.9 Å². The maximum absolute atomic E-state index is 12.7. The third-order valence-corrected chi connectivity index (χ3v) is 3.06. The Labute approximate surface area is 130 Å². The van der Waals surface area contributed by atoms with Crippen LogP contribution >= 0.6 is 0 Å². The number of ketones is 2. The van der Waals surface area contributed by atoms with Gasteiger partial charge in [-0.05, 0) is 20.8 Å². The highest BCUT2D eigenvalue weighted by molar-refractivity contribution is 6.18. The molecule has 0 fully saturated rings. The summed E-state index contributed by atoms with van der Waals surface area (Å²) in [5.74, 6) is -0.631. The van der Waals surface area contributed by atoms with E-state index in [4.69, 9.17) is 4.74 Å². The van der Waals surface area contributed by atoms with Gasteiger partial charge in [0.1, 0.15) is 0 Å². The summed E-state index contributed by atoms with van der Waals surface area (Å²) in [5.41, 5.74) is 0.349. The first-order valence-corrected chi connectivity index (χ1v) is 7.25. The summed E-state index contributed by atoms with van der Waals surface area (Å²) in [6.07, 6.45) is -1.13. The van der Waals surface area contributed by atoms with Crippen LogP contribution in [0.5, 0.6) is 0 Å². The molecule has 0 aliphatic rings. The zero-order valence-corrected chi connectivity index (χ0v) is 13.1. The van der Waals surface area contributed by atoms with Crippen LogP contribution in [0.4, 0.5) is 0 Å². The first-order valence-electron chi connectivity index (χ1n) is 7.25. The lowest BCUT2D eigenvalue weighted by atomic mass is 9.97. The van der Waals surface area contributed by atoms with E-state index >= 15 is 0 Å². The van der Waals surface area contributed by atoms with Crippen LogP contribution in [0.3, 0.4) is 0 Å². The third kappa shape index (κ3) is 4.12. The normalized spacial score (nSPS) is 11.5. The molecule has 3 heteroatoms. The quantitative estimate of drug-likeness (QED) is 0.620. The van der Waals surface area contributed by atoms with Gasteiger partial charge in [0.15, 0.2) is 17.7 Å². The molecule has 114 valence electrons. The number of ether oxygens (including phenoxy) is 1. The van der Waals surface area contributed by atoms with Gasteiger partial charge < -0.3 is 4.74 Å². The molecule has 2 aromatic carbocycles. The van der Waals surface area contributed by atoms with Crippen LogP contribution in [0, 0.1) is 0 Å². The predicted octanol–water partition coefficient (Wildman–Crippen LogP) is 3.94. The van der Waals surface area contributed by atoms with Gasteiger partial charge in [-0.1, -0.05) is 60.7 Å². The summed E-state index contributed by atoms with van der Waals surface area (Å²) in [6.45, 7) is 5.49. The number of hydrogen-bond donors (Lipinski definition) is 0. The molecule has 22 heavy (non-hydrogen) atoms. The summed E-state index contributed by atoms with van der Waals surface area (Å²) >= 11 is 0. The molecule has 0 aliphatic carbocycles. The Morgan fingerprint density at radius 3 is 1.45 bits per heavy atom. The van der Waals surface area contributed by atoms with Crippen LogP contribution in [0.25, 0.3) is 0 Å². The Balaban J connectivity index is 2.35. The second-order valence-corrected chi connectivity index (χ2v) is 6.07. The van der Waals surface area contributed by atoms with Crippen LogP contribution in [-0.2, 0) is 4.74 Å². The van der Waals surface area contributed by atoms with Crippen molar-refractivity contribution in [2.45, 2.75) is 32.5 Å². The molecule has 3 nitrogen and oxygen atoms in total. The number of carbonyl (C=O) groups excluding carboxylic acids is 2. The van der Waals surface area contributed by atoms with Crippen LogP contribution in [-0.4, -0.2) is 23.3 Å². The first kappa shape index (κ1) is 16.1. The van der Waals surface area contributed by atoms with Gasteiger partial charge in [-0.3, -0.25) is 9.59 Å². The first-order chi connectivity index (χ1) is 10.4. The minimum Gasteiger partial charge on any atom is -0.356 e. The zero-order chi connectivity index (χ0) is 16.2. The van der Waals surface area contributed by atoms with Gasteiger partial charge in [-0.25, -0.2) is 0 Å². The topological polar surface area (TPSA) is 43.4 Å². The number of benzene rings is 2. The van der Waals surface area contributed by atoms with Crippen LogP contribution in [0.2, 0.25) is 0 Å². The van der Waals surface area contributed by atoms with E-state index in [1.165, 1.54) is 0 Å². The van der Waals surface area contributed by atoms with Crippen molar-refractivity contribution >= 4 is 11.6 Å². The van der Waals surface area contributed by atoms with Gasteiger partial charge >= 0.3 is 0 Å². The van der Waals surface area contributed by atoms with Gasteiger partial charge in [0.05, 0.1) is 5.60 Å². The van der Waals surface area contributed by atoms with E-state index in [-0.39, 0.29) is 11.6 Å². The Bertz CT molecular complexity index is 588. The van der Waals surface area contributed by atoms with Gasteiger partial charge in [0.25, 0.3) is 0 Å². The molecule has 0 N–H and O–H groups in total. The molecule has 0 bridgehead atoms. The van der Waals surface area contributed by atoms with Crippen molar-refractivity contribution in [1.29, 1.82) is 0 Å². The fourth-order valence-electron chi connectivity index (χ4n) is 2.09. The molecule has 0 spiro atoms. The Morgan fingerprint density at radius 1 is 0.773 bits per heavy atom. The summed E-state index contributed by atoms with van der Waals surface area (Å²) < 4.78 is 5.77. The van der Waals surface area contributed by atoms with Crippen LogP contribution in [0.15, 0.2) is 60.7 Å². The van der Waals surface area contributed by atoms with E-state index in [0.29, 0.717) is 11.1 Å². The molecule has 2 aromatic rings. The van der Waals surface area contributed by atoms with Crippen LogP contribution < -0.4 is 0 Å². The number of hydrogen-bond acceptors (Lipinski definition) is 3. The Kier molecular flexibility index (Phi) is 4.88. The summed E-state index contributed by atoms with van der Waals surface area (Å²) in [5, 5.41) is 0. The minimum atomic E-state index is -1.13. The maximum atomic E-state index is 12.7. The highest BCUT2D eigenvalue weighted by Crippen LogP contribution is 2.19. The smallest absolute Gasteiger partial charge is 0.199 e. The van der Waals surface area contributed by atoms with E-state index < -0.39 is 11.7 Å². The predicted molar refractivity (Wildman–Crippen MR) is 86.2 cm³/mol. The maximum Gasteiger partial charge on any atom is 0.199 e. The van der Waals surface area contributed by atoms with Gasteiger partial charge in [-0.15, -0.1) is 0 Å². The molecule has 0 amide bonds. The summed E-state index contributed by atoms with van der Waals surface area (Å²) in [7, 11) is 0. The van der Waals surface area contributed by atoms with Crippen molar-refractivity contribution in [2.24, 2.45) is 0 Å². The van der Waals surface area contributed by atoms with Gasteiger partial charge in [0, 0.05) is 11.1 Å². The minimum absolute atomic E-state index is 0.315. The fourth-order valence-corrected chi connectivity index (χ4v) is 2.09. The molecular weight excluding hydrogens is 276 g/mol. The van der Waals surface area contributed by atoms with Gasteiger partial charge in [0.2, 0.25) is 0 Å². The monoisotopic (exact) mass is 296 g/mol. The molecule has 2 rings (SSSR count). The van der Waals surface area contributed by atoms with E-state index in [0.717, 1.165) is 0 Å². The van der Waals surface area contributed by atoms with Gasteiger partial charge in [-0.2, -0.15) is 0 Å². The van der Waals surface area contributed by atoms with Crippen LogP contribution in [0.1, 0.15) is 41.5 Å². The number of rotatable bonds is 5. The summed E-state index contributed by atoms with van der Waals surface area (Å²) in [6, 6.07) is 17.5. The van der Waals surface area contributed by atoms with Crippen molar-refractivity contribution < 1.29 is 14.3 Å². The molecular formula is C19H20O3.